The van der Waals surface area contributed by atoms with Crippen LogP contribution in [0.25, 0.3) is 22.7 Å². The molecule has 1 amide bonds. The van der Waals surface area contributed by atoms with Gasteiger partial charge >= 0.3 is 0 Å². The van der Waals surface area contributed by atoms with Crippen molar-refractivity contribution in [2.75, 3.05) is 6.54 Å². The summed E-state index contributed by atoms with van der Waals surface area (Å²) in [5.41, 5.74) is 3.43. The standard InChI is InChI=1S/C32H35N3O2/c1-5-24-16-19-26(20-17-24)35-31(33-28-15-11-10-14-27(28)32(35)37)29(6-2)34(22-23(3)4)30(36)21-18-25-12-8-7-9-13-25/h7-21,23,29H,5-6,22H2,1-4H3/b21-18+. The highest BCUT2D eigenvalue weighted by Crippen LogP contribution is 2.27. The predicted octanol–water partition coefficient (Wildman–Crippen LogP) is 6.60. The van der Waals surface area contributed by atoms with Crippen LogP contribution in [0, 0.1) is 5.92 Å². The van der Waals surface area contributed by atoms with Gasteiger partial charge in [0.15, 0.2) is 0 Å². The molecular formula is C32H35N3O2. The Kier molecular flexibility index (Phi) is 8.34. The van der Waals surface area contributed by atoms with Crippen LogP contribution in [0.4, 0.5) is 0 Å². The van der Waals surface area contributed by atoms with Crippen LogP contribution >= 0.6 is 0 Å². The van der Waals surface area contributed by atoms with Gasteiger partial charge in [0, 0.05) is 12.6 Å². The largest absolute Gasteiger partial charge is 0.329 e. The summed E-state index contributed by atoms with van der Waals surface area (Å²) in [5, 5.41) is 0.561. The molecule has 5 nitrogen and oxygen atoms in total. The summed E-state index contributed by atoms with van der Waals surface area (Å²) < 4.78 is 1.69. The van der Waals surface area contributed by atoms with Gasteiger partial charge in [-0.05, 0) is 60.2 Å². The minimum absolute atomic E-state index is 0.0975. The van der Waals surface area contributed by atoms with E-state index in [1.54, 1.807) is 10.6 Å². The third kappa shape index (κ3) is 5.88. The molecule has 3 aromatic carbocycles. The van der Waals surface area contributed by atoms with Crippen LogP contribution in [-0.2, 0) is 11.2 Å². The Balaban J connectivity index is 1.87. The highest BCUT2D eigenvalue weighted by Gasteiger charge is 2.28. The maximum absolute atomic E-state index is 13.9. The Morgan fingerprint density at radius 1 is 0.946 bits per heavy atom. The van der Waals surface area contributed by atoms with Gasteiger partial charge in [-0.1, -0.05) is 82.3 Å². The first-order valence-corrected chi connectivity index (χ1v) is 13.1. The highest BCUT2D eigenvalue weighted by molar-refractivity contribution is 5.92. The summed E-state index contributed by atoms with van der Waals surface area (Å²) in [6, 6.07) is 24.9. The third-order valence-electron chi connectivity index (χ3n) is 6.53. The lowest BCUT2D eigenvalue weighted by molar-refractivity contribution is -0.129. The van der Waals surface area contributed by atoms with Crippen LogP contribution in [0.2, 0.25) is 0 Å². The number of benzene rings is 3. The Bertz CT molecular complexity index is 1440. The molecule has 190 valence electrons. The Morgan fingerprint density at radius 3 is 2.27 bits per heavy atom. The number of rotatable bonds is 9. The number of carbonyl (C=O) groups excluding carboxylic acids is 1. The molecule has 5 heteroatoms. The van der Waals surface area contributed by atoms with E-state index >= 15 is 0 Å². The summed E-state index contributed by atoms with van der Waals surface area (Å²) in [4.78, 5) is 34.3. The molecule has 4 rings (SSSR count). The van der Waals surface area contributed by atoms with E-state index in [4.69, 9.17) is 4.98 Å². The molecule has 1 unspecified atom stereocenters. The molecule has 0 aliphatic heterocycles. The number of hydrogen-bond donors (Lipinski definition) is 0. The number of hydrogen-bond acceptors (Lipinski definition) is 3. The SMILES string of the molecule is CCc1ccc(-n2c(C(CC)N(CC(C)C)C(=O)/C=C/c3ccccc3)nc3ccccc3c2=O)cc1. The van der Waals surface area contributed by atoms with E-state index in [1.165, 1.54) is 5.56 Å². The van der Waals surface area contributed by atoms with Crippen molar-refractivity contribution in [2.24, 2.45) is 5.92 Å². The van der Waals surface area contributed by atoms with Crippen molar-refractivity contribution in [2.45, 2.75) is 46.6 Å². The molecule has 0 spiro atoms. The zero-order valence-electron chi connectivity index (χ0n) is 22.1. The van der Waals surface area contributed by atoms with Gasteiger partial charge < -0.3 is 4.90 Å². The number of nitrogens with zero attached hydrogens (tertiary/aromatic N) is 3. The maximum atomic E-state index is 13.9. The molecule has 1 atom stereocenters. The van der Waals surface area contributed by atoms with E-state index in [1.807, 2.05) is 96.8 Å². The normalized spacial score (nSPS) is 12.4. The van der Waals surface area contributed by atoms with Crippen LogP contribution in [0.15, 0.2) is 89.7 Å². The van der Waals surface area contributed by atoms with Crippen LogP contribution in [0.5, 0.6) is 0 Å². The summed E-state index contributed by atoms with van der Waals surface area (Å²) in [6.45, 7) is 8.89. The molecule has 37 heavy (non-hydrogen) atoms. The molecular weight excluding hydrogens is 458 g/mol. The van der Waals surface area contributed by atoms with E-state index in [0.29, 0.717) is 29.7 Å². The Labute approximate surface area is 219 Å². The molecule has 0 bridgehead atoms. The van der Waals surface area contributed by atoms with Crippen molar-refractivity contribution in [1.82, 2.24) is 14.5 Å². The van der Waals surface area contributed by atoms with E-state index in [0.717, 1.165) is 17.7 Å². The van der Waals surface area contributed by atoms with Crippen molar-refractivity contribution in [3.63, 3.8) is 0 Å². The molecule has 0 aliphatic carbocycles. The van der Waals surface area contributed by atoms with E-state index in [2.05, 4.69) is 20.8 Å². The molecule has 0 aliphatic rings. The fraction of sp³-hybridized carbons (Fsp3) is 0.281. The third-order valence-corrected chi connectivity index (χ3v) is 6.53. The van der Waals surface area contributed by atoms with Gasteiger partial charge in [0.25, 0.3) is 5.56 Å². The summed E-state index contributed by atoms with van der Waals surface area (Å²) in [7, 11) is 0. The van der Waals surface area contributed by atoms with Crippen molar-refractivity contribution in [3.05, 3.63) is 112 Å². The first-order chi connectivity index (χ1) is 17.9. The Hall–Kier alpha value is -3.99. The average molecular weight is 494 g/mol. The first-order valence-electron chi connectivity index (χ1n) is 13.1. The van der Waals surface area contributed by atoms with Crippen LogP contribution < -0.4 is 5.56 Å². The van der Waals surface area contributed by atoms with Crippen molar-refractivity contribution in [3.8, 4) is 5.69 Å². The smallest absolute Gasteiger partial charge is 0.266 e. The lowest BCUT2D eigenvalue weighted by Crippen LogP contribution is -2.39. The zero-order chi connectivity index (χ0) is 26.4. The minimum Gasteiger partial charge on any atom is -0.329 e. The second-order valence-corrected chi connectivity index (χ2v) is 9.70. The molecule has 4 aromatic rings. The lowest BCUT2D eigenvalue weighted by atomic mass is 10.1. The average Bonchev–Trinajstić information content (AvgIpc) is 2.92. The second-order valence-electron chi connectivity index (χ2n) is 9.70. The van der Waals surface area contributed by atoms with Crippen LogP contribution in [0.1, 0.15) is 57.1 Å². The predicted molar refractivity (Wildman–Crippen MR) is 152 cm³/mol. The number of aromatic nitrogens is 2. The summed E-state index contributed by atoms with van der Waals surface area (Å²) in [6.07, 6.45) is 5.00. The molecule has 0 saturated heterocycles. The topological polar surface area (TPSA) is 55.2 Å². The number of carbonyl (C=O) groups is 1. The molecule has 0 fully saturated rings. The van der Waals surface area contributed by atoms with Gasteiger partial charge in [-0.25, -0.2) is 4.98 Å². The van der Waals surface area contributed by atoms with Gasteiger partial charge in [0.1, 0.15) is 5.82 Å². The van der Waals surface area contributed by atoms with E-state index < -0.39 is 0 Å². The van der Waals surface area contributed by atoms with E-state index in [-0.39, 0.29) is 23.4 Å². The molecule has 0 radical (unpaired) electrons. The summed E-state index contributed by atoms with van der Waals surface area (Å²) >= 11 is 0. The fourth-order valence-corrected chi connectivity index (χ4v) is 4.64. The van der Waals surface area contributed by atoms with Gasteiger partial charge in [-0.2, -0.15) is 0 Å². The van der Waals surface area contributed by atoms with E-state index in [9.17, 15) is 9.59 Å². The molecule has 0 N–H and O–H groups in total. The first kappa shape index (κ1) is 26.1. The van der Waals surface area contributed by atoms with Gasteiger partial charge in [0.05, 0.1) is 22.6 Å². The monoisotopic (exact) mass is 493 g/mol. The van der Waals surface area contributed by atoms with Gasteiger partial charge in [-0.3, -0.25) is 14.2 Å². The molecule has 1 aromatic heterocycles. The quantitative estimate of drug-likeness (QED) is 0.247. The van der Waals surface area contributed by atoms with Crippen LogP contribution in [0.3, 0.4) is 0 Å². The number of amides is 1. The Morgan fingerprint density at radius 2 is 1.62 bits per heavy atom. The number of fused-ring (bicyclic) bond motifs is 1. The second kappa shape index (κ2) is 11.8. The highest BCUT2D eigenvalue weighted by atomic mass is 16.2. The van der Waals surface area contributed by atoms with Crippen molar-refractivity contribution < 1.29 is 4.79 Å². The maximum Gasteiger partial charge on any atom is 0.266 e. The van der Waals surface area contributed by atoms with Crippen molar-refractivity contribution >= 4 is 22.9 Å². The van der Waals surface area contributed by atoms with Gasteiger partial charge in [-0.15, -0.1) is 0 Å². The minimum atomic E-state index is -0.376. The number of para-hydroxylation sites is 1. The lowest BCUT2D eigenvalue weighted by Gasteiger charge is -2.33. The van der Waals surface area contributed by atoms with Crippen molar-refractivity contribution in [1.29, 1.82) is 0 Å². The zero-order valence-corrected chi connectivity index (χ0v) is 22.1. The van der Waals surface area contributed by atoms with Gasteiger partial charge in [0.2, 0.25) is 5.91 Å². The fourth-order valence-electron chi connectivity index (χ4n) is 4.64. The van der Waals surface area contributed by atoms with Crippen LogP contribution in [-0.4, -0.2) is 26.9 Å². The molecule has 0 saturated carbocycles. The number of aryl methyl sites for hydroxylation is 1. The molecule has 1 heterocycles. The summed E-state index contributed by atoms with van der Waals surface area (Å²) in [5.74, 6) is 0.727.